The van der Waals surface area contributed by atoms with Crippen molar-refractivity contribution >= 4 is 11.6 Å². The number of fused-ring (bicyclic) bond motifs is 2. The van der Waals surface area contributed by atoms with Crippen molar-refractivity contribution in [3.63, 3.8) is 0 Å². The molecule has 0 radical (unpaired) electrons. The Morgan fingerprint density at radius 2 is 1.22 bits per heavy atom. The van der Waals surface area contributed by atoms with Crippen molar-refractivity contribution in [1.82, 2.24) is 0 Å². The summed E-state index contributed by atoms with van der Waals surface area (Å²) in [5.74, 6) is 0.769. The molecule has 2 bridgehead atoms. The summed E-state index contributed by atoms with van der Waals surface area (Å²) in [6, 6.07) is 7.30. The van der Waals surface area contributed by atoms with E-state index in [1.165, 1.54) is 0 Å². The standard InChI is InChI=1S/C16H14O2/c17-15-11-3-1-2-4-12(11)16(18)14-10-7-5-9(6-8-10)13(14)15/h1-5,7,9-10,13-14H,6,8H2/t9-,10+,13-,14-/m0/s1. The normalized spacial score (nSPS) is 36.4. The number of allylic oxidation sites excluding steroid dienone is 2. The van der Waals surface area contributed by atoms with Crippen LogP contribution in [0.15, 0.2) is 36.4 Å². The van der Waals surface area contributed by atoms with Gasteiger partial charge in [0, 0.05) is 23.0 Å². The van der Waals surface area contributed by atoms with Crippen LogP contribution in [0.3, 0.4) is 0 Å². The Bertz CT molecular complexity index is 534. The zero-order valence-electron chi connectivity index (χ0n) is 10.0. The highest BCUT2D eigenvalue weighted by atomic mass is 16.1. The monoisotopic (exact) mass is 238 g/mol. The smallest absolute Gasteiger partial charge is 0.168 e. The molecular formula is C16H14O2. The van der Waals surface area contributed by atoms with Gasteiger partial charge in [-0.05, 0) is 24.7 Å². The molecule has 1 aromatic rings. The predicted molar refractivity (Wildman–Crippen MR) is 67.4 cm³/mol. The van der Waals surface area contributed by atoms with Gasteiger partial charge in [-0.15, -0.1) is 0 Å². The molecule has 0 N–H and O–H groups in total. The molecule has 4 atom stereocenters. The van der Waals surface area contributed by atoms with Gasteiger partial charge in [-0.1, -0.05) is 36.4 Å². The molecule has 1 aromatic carbocycles. The second kappa shape index (κ2) is 3.41. The number of hydrogen-bond acceptors (Lipinski definition) is 2. The van der Waals surface area contributed by atoms with Crippen LogP contribution in [0.5, 0.6) is 0 Å². The molecule has 18 heavy (non-hydrogen) atoms. The molecule has 4 aliphatic carbocycles. The molecule has 0 heterocycles. The van der Waals surface area contributed by atoms with Gasteiger partial charge in [0.15, 0.2) is 11.6 Å². The largest absolute Gasteiger partial charge is 0.294 e. The first-order valence-electron chi connectivity index (χ1n) is 6.63. The van der Waals surface area contributed by atoms with Crippen LogP contribution in [0.1, 0.15) is 33.6 Å². The average molecular weight is 238 g/mol. The molecule has 1 fully saturated rings. The lowest BCUT2D eigenvalue weighted by Gasteiger charge is -2.45. The van der Waals surface area contributed by atoms with Crippen LogP contribution < -0.4 is 0 Å². The number of benzene rings is 1. The second-order valence-electron chi connectivity index (χ2n) is 5.62. The molecule has 90 valence electrons. The van der Waals surface area contributed by atoms with E-state index < -0.39 is 0 Å². The lowest BCUT2D eigenvalue weighted by atomic mass is 9.56. The fourth-order valence-corrected chi connectivity index (χ4v) is 3.98. The quantitative estimate of drug-likeness (QED) is 0.651. The molecule has 0 aliphatic heterocycles. The van der Waals surface area contributed by atoms with Gasteiger partial charge in [-0.2, -0.15) is 0 Å². The molecule has 5 rings (SSSR count). The third-order valence-corrected chi connectivity index (χ3v) is 4.81. The van der Waals surface area contributed by atoms with E-state index in [0.29, 0.717) is 11.1 Å². The van der Waals surface area contributed by atoms with Crippen molar-refractivity contribution < 1.29 is 9.59 Å². The zero-order valence-corrected chi connectivity index (χ0v) is 10.0. The van der Waals surface area contributed by atoms with Crippen LogP contribution in [0.4, 0.5) is 0 Å². The van der Waals surface area contributed by atoms with Crippen molar-refractivity contribution in [2.24, 2.45) is 23.7 Å². The maximum atomic E-state index is 12.6. The summed E-state index contributed by atoms with van der Waals surface area (Å²) in [7, 11) is 0. The van der Waals surface area contributed by atoms with Crippen LogP contribution >= 0.6 is 0 Å². The molecule has 0 spiro atoms. The molecule has 0 saturated heterocycles. The van der Waals surface area contributed by atoms with Crippen LogP contribution in [-0.4, -0.2) is 11.6 Å². The number of carbonyl (C=O) groups excluding carboxylic acids is 2. The van der Waals surface area contributed by atoms with E-state index in [4.69, 9.17) is 0 Å². The Morgan fingerprint density at radius 3 is 1.61 bits per heavy atom. The highest BCUT2D eigenvalue weighted by molar-refractivity contribution is 6.16. The van der Waals surface area contributed by atoms with Crippen LogP contribution in [0.2, 0.25) is 0 Å². The van der Waals surface area contributed by atoms with Gasteiger partial charge in [0.1, 0.15) is 0 Å². The van der Waals surface area contributed by atoms with E-state index in [9.17, 15) is 9.59 Å². The number of carbonyl (C=O) groups is 2. The molecule has 2 heteroatoms. The lowest BCUT2D eigenvalue weighted by molar-refractivity contribution is 0.0520. The Labute approximate surface area is 106 Å². The van der Waals surface area contributed by atoms with Gasteiger partial charge in [-0.3, -0.25) is 9.59 Å². The summed E-state index contributed by atoms with van der Waals surface area (Å²) < 4.78 is 0. The van der Waals surface area contributed by atoms with Gasteiger partial charge in [0.05, 0.1) is 0 Å². The number of rotatable bonds is 0. The summed E-state index contributed by atoms with van der Waals surface area (Å²) in [5.41, 5.74) is 1.29. The second-order valence-corrected chi connectivity index (χ2v) is 5.62. The van der Waals surface area contributed by atoms with E-state index in [-0.39, 0.29) is 35.2 Å². The first-order valence-corrected chi connectivity index (χ1v) is 6.63. The predicted octanol–water partition coefficient (Wildman–Crippen LogP) is 2.89. The van der Waals surface area contributed by atoms with E-state index in [2.05, 4.69) is 12.2 Å². The number of ketones is 2. The summed E-state index contributed by atoms with van der Waals surface area (Å²) in [5, 5.41) is 0. The zero-order chi connectivity index (χ0) is 12.3. The molecule has 2 nitrogen and oxygen atoms in total. The summed E-state index contributed by atoms with van der Waals surface area (Å²) in [6.07, 6.45) is 6.44. The fourth-order valence-electron chi connectivity index (χ4n) is 3.98. The topological polar surface area (TPSA) is 34.1 Å². The minimum Gasteiger partial charge on any atom is -0.294 e. The van der Waals surface area contributed by atoms with E-state index in [1.54, 1.807) is 12.1 Å². The Kier molecular flexibility index (Phi) is 1.94. The first-order chi connectivity index (χ1) is 8.77. The maximum Gasteiger partial charge on any atom is 0.168 e. The molecule has 1 saturated carbocycles. The van der Waals surface area contributed by atoms with Crippen LogP contribution in [-0.2, 0) is 0 Å². The van der Waals surface area contributed by atoms with Crippen LogP contribution in [0, 0.1) is 23.7 Å². The van der Waals surface area contributed by atoms with Crippen molar-refractivity contribution in [2.45, 2.75) is 12.8 Å². The first kappa shape index (κ1) is 10.2. The molecule has 0 amide bonds. The van der Waals surface area contributed by atoms with Crippen molar-refractivity contribution in [1.29, 1.82) is 0 Å². The van der Waals surface area contributed by atoms with Crippen LogP contribution in [0.25, 0.3) is 0 Å². The minimum atomic E-state index is -0.0869. The van der Waals surface area contributed by atoms with Gasteiger partial charge < -0.3 is 0 Å². The van der Waals surface area contributed by atoms with Crippen molar-refractivity contribution in [2.75, 3.05) is 0 Å². The van der Waals surface area contributed by atoms with Gasteiger partial charge in [-0.25, -0.2) is 0 Å². The summed E-state index contributed by atoms with van der Waals surface area (Å²) in [6.45, 7) is 0. The highest BCUT2D eigenvalue weighted by Gasteiger charge is 2.51. The average Bonchev–Trinajstić information content (AvgIpc) is 2.45. The molecule has 0 unspecified atom stereocenters. The molecule has 0 aromatic heterocycles. The Hall–Kier alpha value is -1.70. The van der Waals surface area contributed by atoms with E-state index in [0.717, 1.165) is 12.8 Å². The summed E-state index contributed by atoms with van der Waals surface area (Å²) in [4.78, 5) is 25.2. The van der Waals surface area contributed by atoms with E-state index in [1.807, 2.05) is 12.1 Å². The number of hydrogen-bond donors (Lipinski definition) is 0. The highest BCUT2D eigenvalue weighted by Crippen LogP contribution is 2.49. The maximum absolute atomic E-state index is 12.6. The van der Waals surface area contributed by atoms with Gasteiger partial charge in [0.25, 0.3) is 0 Å². The molecule has 4 aliphatic rings. The SMILES string of the molecule is O=C1c2ccccc2C(=O)[C@@H]2[C@@H]1[C@@H]1C=C[C@H]2CC1. The third-order valence-electron chi connectivity index (χ3n) is 4.81. The van der Waals surface area contributed by atoms with E-state index >= 15 is 0 Å². The number of Topliss-reactive ketones (excluding diaryl/α,β-unsaturated/α-hetero) is 2. The molecular weight excluding hydrogens is 224 g/mol. The lowest BCUT2D eigenvalue weighted by Crippen LogP contribution is -2.48. The van der Waals surface area contributed by atoms with Gasteiger partial charge in [0.2, 0.25) is 0 Å². The fraction of sp³-hybridized carbons (Fsp3) is 0.375. The van der Waals surface area contributed by atoms with Crippen molar-refractivity contribution in [3.05, 3.63) is 47.5 Å². The minimum absolute atomic E-state index is 0.0869. The third kappa shape index (κ3) is 1.13. The Morgan fingerprint density at radius 1 is 0.778 bits per heavy atom. The van der Waals surface area contributed by atoms with Gasteiger partial charge >= 0.3 is 0 Å². The summed E-state index contributed by atoms with van der Waals surface area (Å²) >= 11 is 0. The van der Waals surface area contributed by atoms with Crippen molar-refractivity contribution in [3.8, 4) is 0 Å². The Balaban J connectivity index is 1.92.